The number of aliphatic hydroxyl groups is 1. The molecule has 0 radical (unpaired) electrons. The summed E-state index contributed by atoms with van der Waals surface area (Å²) in [6, 6.07) is 7.68. The molecule has 1 aliphatic rings. The van der Waals surface area contributed by atoms with Crippen LogP contribution >= 0.6 is 0 Å². The highest BCUT2D eigenvalue weighted by Gasteiger charge is 2.14. The third-order valence-electron chi connectivity index (χ3n) is 3.04. The SMILES string of the molecule is [C-]#[N+]c1ccc(N2CCCC(O)CC2)cc1. The molecule has 1 atom stereocenters. The predicted molar refractivity (Wildman–Crippen MR) is 64.8 cm³/mol. The summed E-state index contributed by atoms with van der Waals surface area (Å²) in [5, 5.41) is 9.57. The number of aliphatic hydroxyl groups excluding tert-OH is 1. The molecule has 1 aromatic carbocycles. The molecular formula is C13H16N2O. The van der Waals surface area contributed by atoms with Gasteiger partial charge in [-0.05, 0) is 31.4 Å². The normalized spacial score (nSPS) is 21.2. The number of hydrogen-bond donors (Lipinski definition) is 1. The average molecular weight is 216 g/mol. The maximum absolute atomic E-state index is 9.57. The van der Waals surface area contributed by atoms with Crippen LogP contribution in [0.2, 0.25) is 0 Å². The highest BCUT2D eigenvalue weighted by Crippen LogP contribution is 2.22. The summed E-state index contributed by atoms with van der Waals surface area (Å²) in [5.74, 6) is 0. The molecule has 84 valence electrons. The molecule has 1 aliphatic heterocycles. The molecule has 0 amide bonds. The van der Waals surface area contributed by atoms with Gasteiger partial charge in [0.2, 0.25) is 0 Å². The average Bonchev–Trinajstić information content (AvgIpc) is 2.54. The van der Waals surface area contributed by atoms with Crippen molar-refractivity contribution in [3.05, 3.63) is 35.7 Å². The Morgan fingerprint density at radius 2 is 1.94 bits per heavy atom. The van der Waals surface area contributed by atoms with Crippen LogP contribution in [0.3, 0.4) is 0 Å². The van der Waals surface area contributed by atoms with E-state index >= 15 is 0 Å². The third-order valence-corrected chi connectivity index (χ3v) is 3.04. The fourth-order valence-electron chi connectivity index (χ4n) is 2.07. The van der Waals surface area contributed by atoms with Gasteiger partial charge < -0.3 is 10.0 Å². The van der Waals surface area contributed by atoms with Gasteiger partial charge in [0.1, 0.15) is 0 Å². The van der Waals surface area contributed by atoms with Gasteiger partial charge in [-0.25, -0.2) is 4.85 Å². The largest absolute Gasteiger partial charge is 0.393 e. The molecule has 1 fully saturated rings. The Balaban J connectivity index is 2.08. The van der Waals surface area contributed by atoms with Gasteiger partial charge in [0.25, 0.3) is 0 Å². The number of anilines is 1. The van der Waals surface area contributed by atoms with E-state index in [9.17, 15) is 5.11 Å². The summed E-state index contributed by atoms with van der Waals surface area (Å²) in [7, 11) is 0. The second-order valence-corrected chi connectivity index (χ2v) is 4.20. The van der Waals surface area contributed by atoms with Crippen LogP contribution in [0.15, 0.2) is 24.3 Å². The van der Waals surface area contributed by atoms with Crippen molar-refractivity contribution in [3.63, 3.8) is 0 Å². The first-order chi connectivity index (χ1) is 7.79. The van der Waals surface area contributed by atoms with E-state index < -0.39 is 0 Å². The van der Waals surface area contributed by atoms with Crippen LogP contribution in [-0.4, -0.2) is 24.3 Å². The van der Waals surface area contributed by atoms with Crippen molar-refractivity contribution < 1.29 is 5.11 Å². The summed E-state index contributed by atoms with van der Waals surface area (Å²) in [4.78, 5) is 5.66. The molecule has 2 rings (SSSR count). The van der Waals surface area contributed by atoms with E-state index in [1.807, 2.05) is 24.3 Å². The lowest BCUT2D eigenvalue weighted by Crippen LogP contribution is -2.24. The van der Waals surface area contributed by atoms with E-state index in [0.717, 1.165) is 38.0 Å². The van der Waals surface area contributed by atoms with E-state index in [1.54, 1.807) is 0 Å². The van der Waals surface area contributed by atoms with Gasteiger partial charge >= 0.3 is 0 Å². The Bertz CT molecular complexity index is 380. The monoisotopic (exact) mass is 216 g/mol. The zero-order valence-electron chi connectivity index (χ0n) is 9.26. The highest BCUT2D eigenvalue weighted by atomic mass is 16.3. The maximum Gasteiger partial charge on any atom is 0.187 e. The van der Waals surface area contributed by atoms with Gasteiger partial charge in [0.15, 0.2) is 5.69 Å². The number of rotatable bonds is 1. The minimum Gasteiger partial charge on any atom is -0.393 e. The second-order valence-electron chi connectivity index (χ2n) is 4.20. The van der Waals surface area contributed by atoms with Gasteiger partial charge in [0.05, 0.1) is 12.7 Å². The molecule has 0 saturated carbocycles. The van der Waals surface area contributed by atoms with Crippen LogP contribution < -0.4 is 4.90 Å². The number of benzene rings is 1. The first-order valence-electron chi connectivity index (χ1n) is 5.70. The minimum atomic E-state index is -0.146. The van der Waals surface area contributed by atoms with Crippen molar-refractivity contribution in [1.82, 2.24) is 0 Å². The Morgan fingerprint density at radius 1 is 1.19 bits per heavy atom. The summed E-state index contributed by atoms with van der Waals surface area (Å²) in [6.07, 6.45) is 2.62. The highest BCUT2D eigenvalue weighted by molar-refractivity contribution is 5.55. The number of hydrogen-bond acceptors (Lipinski definition) is 2. The van der Waals surface area contributed by atoms with Gasteiger partial charge in [-0.1, -0.05) is 12.1 Å². The molecule has 16 heavy (non-hydrogen) atoms. The molecule has 1 N–H and O–H groups in total. The van der Waals surface area contributed by atoms with Gasteiger partial charge in [0, 0.05) is 18.8 Å². The predicted octanol–water partition coefficient (Wildman–Crippen LogP) is 2.59. The van der Waals surface area contributed by atoms with Crippen LogP contribution in [0.4, 0.5) is 11.4 Å². The first-order valence-corrected chi connectivity index (χ1v) is 5.70. The fraction of sp³-hybridized carbons (Fsp3) is 0.462. The van der Waals surface area contributed by atoms with Crippen LogP contribution in [0.25, 0.3) is 4.85 Å². The Morgan fingerprint density at radius 3 is 2.62 bits per heavy atom. The molecule has 1 heterocycles. The van der Waals surface area contributed by atoms with Crippen LogP contribution in [-0.2, 0) is 0 Å². The summed E-state index contributed by atoms with van der Waals surface area (Å²) in [6.45, 7) is 8.79. The first kappa shape index (κ1) is 11.0. The van der Waals surface area contributed by atoms with Crippen LogP contribution in [0.5, 0.6) is 0 Å². The van der Waals surface area contributed by atoms with Gasteiger partial charge in [-0.2, -0.15) is 0 Å². The number of nitrogens with zero attached hydrogens (tertiary/aromatic N) is 2. The lowest BCUT2D eigenvalue weighted by atomic mass is 10.2. The molecule has 1 unspecified atom stereocenters. The molecule has 3 heteroatoms. The van der Waals surface area contributed by atoms with Crippen molar-refractivity contribution in [2.45, 2.75) is 25.4 Å². The van der Waals surface area contributed by atoms with E-state index in [2.05, 4.69) is 9.74 Å². The Labute approximate surface area is 96.1 Å². The molecule has 0 aromatic heterocycles. The van der Waals surface area contributed by atoms with Crippen molar-refractivity contribution in [3.8, 4) is 0 Å². The second kappa shape index (κ2) is 5.00. The molecule has 1 aromatic rings. The fourth-order valence-corrected chi connectivity index (χ4v) is 2.07. The molecule has 0 aliphatic carbocycles. The zero-order valence-corrected chi connectivity index (χ0v) is 9.26. The summed E-state index contributed by atoms with van der Waals surface area (Å²) < 4.78 is 0. The van der Waals surface area contributed by atoms with Gasteiger partial charge in [-0.15, -0.1) is 0 Å². The lowest BCUT2D eigenvalue weighted by Gasteiger charge is -2.22. The van der Waals surface area contributed by atoms with E-state index in [1.165, 1.54) is 0 Å². The zero-order chi connectivity index (χ0) is 11.4. The van der Waals surface area contributed by atoms with Crippen molar-refractivity contribution in [1.29, 1.82) is 0 Å². The molecule has 1 saturated heterocycles. The molecule has 0 bridgehead atoms. The minimum absolute atomic E-state index is 0.146. The Kier molecular flexibility index (Phi) is 3.43. The molecule has 0 spiro atoms. The maximum atomic E-state index is 9.57. The lowest BCUT2D eigenvalue weighted by molar-refractivity contribution is 0.161. The third kappa shape index (κ3) is 2.53. The summed E-state index contributed by atoms with van der Waals surface area (Å²) in [5.41, 5.74) is 1.83. The van der Waals surface area contributed by atoms with Crippen molar-refractivity contribution >= 4 is 11.4 Å². The van der Waals surface area contributed by atoms with E-state index in [-0.39, 0.29) is 6.10 Å². The summed E-state index contributed by atoms with van der Waals surface area (Å²) >= 11 is 0. The van der Waals surface area contributed by atoms with Crippen molar-refractivity contribution in [2.75, 3.05) is 18.0 Å². The van der Waals surface area contributed by atoms with E-state index in [0.29, 0.717) is 5.69 Å². The van der Waals surface area contributed by atoms with Crippen LogP contribution in [0.1, 0.15) is 19.3 Å². The van der Waals surface area contributed by atoms with Crippen LogP contribution in [0, 0.1) is 6.57 Å². The standard InChI is InChI=1S/C13H16N2O/c1-14-11-4-6-12(7-5-11)15-9-2-3-13(16)8-10-15/h4-7,13,16H,2-3,8-10H2. The van der Waals surface area contributed by atoms with Gasteiger partial charge in [-0.3, -0.25) is 0 Å². The Hall–Kier alpha value is -1.53. The smallest absolute Gasteiger partial charge is 0.187 e. The quantitative estimate of drug-likeness (QED) is 0.731. The van der Waals surface area contributed by atoms with E-state index in [4.69, 9.17) is 6.57 Å². The molecular weight excluding hydrogens is 200 g/mol. The molecule has 3 nitrogen and oxygen atoms in total. The topological polar surface area (TPSA) is 27.8 Å². The van der Waals surface area contributed by atoms with Crippen molar-refractivity contribution in [2.24, 2.45) is 0 Å².